The molecule has 3 aromatic rings. The molecule has 1 aromatic carbocycles. The molecule has 0 radical (unpaired) electrons. The minimum absolute atomic E-state index is 0.107. The first kappa shape index (κ1) is 20.6. The summed E-state index contributed by atoms with van der Waals surface area (Å²) < 4.78 is 34.4. The fraction of sp³-hybridized carbons (Fsp3) is 0.421. The first-order valence-corrected chi connectivity index (χ1v) is 11.8. The number of nitrogens with zero attached hydrogens (tertiary/aromatic N) is 4. The number of ether oxygens (including phenoxy) is 1. The molecule has 1 aliphatic carbocycles. The molecule has 2 aliphatic rings. The number of benzene rings is 1. The summed E-state index contributed by atoms with van der Waals surface area (Å²) in [5, 5.41) is 8.47. The van der Waals surface area contributed by atoms with E-state index in [4.69, 9.17) is 21.5 Å². The van der Waals surface area contributed by atoms with Crippen LogP contribution in [0.3, 0.4) is 0 Å². The zero-order chi connectivity index (χ0) is 21.6. The second kappa shape index (κ2) is 7.99. The van der Waals surface area contributed by atoms with E-state index >= 15 is 0 Å². The van der Waals surface area contributed by atoms with Gasteiger partial charge in [0.05, 0.1) is 25.1 Å². The van der Waals surface area contributed by atoms with Crippen LogP contribution in [-0.4, -0.2) is 40.6 Å². The number of nitrogens with two attached hydrogens (primary N) is 1. The predicted octanol–water partition coefficient (Wildman–Crippen LogP) is 2.48. The van der Waals surface area contributed by atoms with E-state index < -0.39 is 16.4 Å². The van der Waals surface area contributed by atoms with Gasteiger partial charge in [-0.1, -0.05) is 24.3 Å². The van der Waals surface area contributed by atoms with Gasteiger partial charge in [-0.3, -0.25) is 8.75 Å². The fourth-order valence-electron chi connectivity index (χ4n) is 4.26. The van der Waals surface area contributed by atoms with Crippen LogP contribution in [0.1, 0.15) is 42.7 Å². The van der Waals surface area contributed by atoms with Crippen molar-refractivity contribution in [1.29, 1.82) is 0 Å². The van der Waals surface area contributed by atoms with Crippen molar-refractivity contribution in [3.05, 3.63) is 47.0 Å². The number of aryl methyl sites for hydroxylation is 1. The highest BCUT2D eigenvalue weighted by Gasteiger charge is 2.30. The average molecular weight is 465 g/mol. The lowest BCUT2D eigenvalue weighted by Gasteiger charge is -2.16. The number of hydrogen-bond donors (Lipinski definition) is 2. The zero-order valence-electron chi connectivity index (χ0n) is 16.4. The van der Waals surface area contributed by atoms with Gasteiger partial charge in [0.2, 0.25) is 5.28 Å². The Hall–Kier alpha value is -2.31. The number of halogens is 1. The van der Waals surface area contributed by atoms with Gasteiger partial charge in [0.15, 0.2) is 17.0 Å². The van der Waals surface area contributed by atoms with Crippen LogP contribution in [0.25, 0.3) is 11.2 Å². The Morgan fingerprint density at radius 3 is 2.94 bits per heavy atom. The van der Waals surface area contributed by atoms with Gasteiger partial charge < -0.3 is 10.1 Å². The smallest absolute Gasteiger partial charge is 0.333 e. The number of anilines is 1. The minimum Gasteiger partial charge on any atom is -0.361 e. The second-order valence-electron chi connectivity index (χ2n) is 7.67. The van der Waals surface area contributed by atoms with Crippen molar-refractivity contribution < 1.29 is 17.3 Å². The van der Waals surface area contributed by atoms with E-state index in [0.29, 0.717) is 29.8 Å². The van der Waals surface area contributed by atoms with Crippen LogP contribution in [0.2, 0.25) is 5.28 Å². The van der Waals surface area contributed by atoms with Crippen molar-refractivity contribution in [2.45, 2.75) is 44.1 Å². The molecule has 12 heteroatoms. The molecule has 0 spiro atoms. The minimum atomic E-state index is -4.01. The number of rotatable bonds is 6. The van der Waals surface area contributed by atoms with Crippen LogP contribution in [0.4, 0.5) is 5.82 Å². The average Bonchev–Trinajstić information content (AvgIpc) is 3.44. The Morgan fingerprint density at radius 2 is 2.10 bits per heavy atom. The molecule has 3 heterocycles. The van der Waals surface area contributed by atoms with Crippen LogP contribution < -0.4 is 10.5 Å². The van der Waals surface area contributed by atoms with Gasteiger partial charge in [0.1, 0.15) is 6.23 Å². The molecule has 10 nitrogen and oxygen atoms in total. The molecular weight excluding hydrogens is 444 g/mol. The van der Waals surface area contributed by atoms with E-state index in [2.05, 4.69) is 36.6 Å². The lowest BCUT2D eigenvalue weighted by molar-refractivity contribution is -0.0149. The number of fused-ring (bicyclic) bond motifs is 2. The SMILES string of the molecule is NS(=O)(=O)OC[C@H]1CC[C@H](n2cnc3c(N[C@H]4CCc5ccccc54)nc(Cl)nc32)O1. The maximum Gasteiger partial charge on any atom is 0.333 e. The lowest BCUT2D eigenvalue weighted by atomic mass is 10.1. The van der Waals surface area contributed by atoms with E-state index in [1.54, 1.807) is 10.9 Å². The van der Waals surface area contributed by atoms with E-state index in [-0.39, 0.29) is 24.2 Å². The van der Waals surface area contributed by atoms with Crippen molar-refractivity contribution in [3.8, 4) is 0 Å². The monoisotopic (exact) mass is 464 g/mol. The van der Waals surface area contributed by atoms with E-state index in [9.17, 15) is 8.42 Å². The van der Waals surface area contributed by atoms with Crippen molar-refractivity contribution in [1.82, 2.24) is 19.5 Å². The quantitative estimate of drug-likeness (QED) is 0.531. The van der Waals surface area contributed by atoms with Gasteiger partial charge in [0.25, 0.3) is 0 Å². The molecule has 31 heavy (non-hydrogen) atoms. The molecule has 1 saturated heterocycles. The van der Waals surface area contributed by atoms with E-state index in [1.165, 1.54) is 11.1 Å². The topological polar surface area (TPSA) is 134 Å². The maximum atomic E-state index is 11.0. The molecule has 3 atom stereocenters. The molecular formula is C19H21ClN6O4S. The Kier molecular flexibility index (Phi) is 5.30. The lowest BCUT2D eigenvalue weighted by Crippen LogP contribution is -2.23. The molecule has 164 valence electrons. The van der Waals surface area contributed by atoms with Crippen molar-refractivity contribution >= 4 is 38.9 Å². The Labute approximate surface area is 184 Å². The van der Waals surface area contributed by atoms with Crippen molar-refractivity contribution in [2.75, 3.05) is 11.9 Å². The standard InChI is InChI=1S/C19H21ClN6O4S/c20-19-24-17(23-14-7-5-11-3-1-2-4-13(11)14)16-18(25-19)26(10-22-16)15-8-6-12(30-15)9-29-31(21,27)28/h1-4,10,12,14-15H,5-9H2,(H2,21,27,28)(H,23,24,25)/t12-,14+,15-/m1/s1. The van der Waals surface area contributed by atoms with Crippen molar-refractivity contribution in [2.24, 2.45) is 5.14 Å². The van der Waals surface area contributed by atoms with Gasteiger partial charge >= 0.3 is 10.3 Å². The van der Waals surface area contributed by atoms with Crippen LogP contribution in [0, 0.1) is 0 Å². The van der Waals surface area contributed by atoms with Gasteiger partial charge in [-0.05, 0) is 48.4 Å². The third kappa shape index (κ3) is 4.23. The summed E-state index contributed by atoms with van der Waals surface area (Å²) in [6, 6.07) is 8.46. The van der Waals surface area contributed by atoms with Crippen LogP contribution in [0.15, 0.2) is 30.6 Å². The third-order valence-corrected chi connectivity index (χ3v) is 6.29. The maximum absolute atomic E-state index is 11.0. The van der Waals surface area contributed by atoms with Gasteiger partial charge in [-0.15, -0.1) is 0 Å². The summed E-state index contributed by atoms with van der Waals surface area (Å²) in [4.78, 5) is 13.2. The molecule has 0 bridgehead atoms. The zero-order valence-corrected chi connectivity index (χ0v) is 18.0. The highest BCUT2D eigenvalue weighted by Crippen LogP contribution is 2.36. The molecule has 5 rings (SSSR count). The van der Waals surface area contributed by atoms with Crippen LogP contribution in [0.5, 0.6) is 0 Å². The first-order valence-electron chi connectivity index (χ1n) is 9.94. The summed E-state index contributed by atoms with van der Waals surface area (Å²) in [6.07, 6.45) is 4.09. The van der Waals surface area contributed by atoms with E-state index in [0.717, 1.165) is 12.8 Å². The molecule has 2 aromatic heterocycles. The predicted molar refractivity (Wildman–Crippen MR) is 114 cm³/mol. The fourth-order valence-corrected chi connectivity index (χ4v) is 4.76. The highest BCUT2D eigenvalue weighted by atomic mass is 35.5. The molecule has 3 N–H and O–H groups in total. The summed E-state index contributed by atoms with van der Waals surface area (Å²) in [6.45, 7) is -0.133. The summed E-state index contributed by atoms with van der Waals surface area (Å²) in [5.41, 5.74) is 3.73. The molecule has 0 saturated carbocycles. The molecule has 1 fully saturated rings. The Morgan fingerprint density at radius 1 is 1.26 bits per heavy atom. The van der Waals surface area contributed by atoms with Gasteiger partial charge in [-0.25, -0.2) is 10.1 Å². The van der Waals surface area contributed by atoms with Crippen molar-refractivity contribution in [3.63, 3.8) is 0 Å². The number of aromatic nitrogens is 4. The Bertz CT molecular complexity index is 1230. The molecule has 1 aliphatic heterocycles. The van der Waals surface area contributed by atoms with Gasteiger partial charge in [-0.2, -0.15) is 18.4 Å². The van der Waals surface area contributed by atoms with Gasteiger partial charge in [0, 0.05) is 0 Å². The summed E-state index contributed by atoms with van der Waals surface area (Å²) in [5.74, 6) is 0.572. The largest absolute Gasteiger partial charge is 0.361 e. The number of hydrogen-bond acceptors (Lipinski definition) is 8. The third-order valence-electron chi connectivity index (χ3n) is 5.65. The molecule has 0 unspecified atom stereocenters. The molecule has 0 amide bonds. The van der Waals surface area contributed by atoms with E-state index in [1.807, 2.05) is 12.1 Å². The normalized spacial score (nSPS) is 23.4. The highest BCUT2D eigenvalue weighted by molar-refractivity contribution is 7.84. The van der Waals surface area contributed by atoms with Crippen LogP contribution in [-0.2, 0) is 25.6 Å². The van der Waals surface area contributed by atoms with Crippen LogP contribution >= 0.6 is 11.6 Å². The summed E-state index contributed by atoms with van der Waals surface area (Å²) in [7, 11) is -4.01. The Balaban J connectivity index is 1.38. The first-order chi connectivity index (χ1) is 14.9. The second-order valence-corrected chi connectivity index (χ2v) is 9.23. The number of imidazole rings is 1. The number of nitrogens with one attached hydrogen (secondary N) is 1. The summed E-state index contributed by atoms with van der Waals surface area (Å²) >= 11 is 6.23.